The third-order valence-electron chi connectivity index (χ3n) is 3.04. The fraction of sp³-hybridized carbons (Fsp3) is 0.188. The summed E-state index contributed by atoms with van der Waals surface area (Å²) in [5.74, 6) is 0. The maximum absolute atomic E-state index is 8.88. The molecule has 0 bridgehead atoms. The SMILES string of the molecule is N#Cc1ccc(NCc2ccc(CCN)cc2)cc1Br. The summed E-state index contributed by atoms with van der Waals surface area (Å²) in [4.78, 5) is 0. The van der Waals surface area contributed by atoms with Gasteiger partial charge >= 0.3 is 0 Å². The van der Waals surface area contributed by atoms with Gasteiger partial charge in [-0.3, -0.25) is 0 Å². The van der Waals surface area contributed by atoms with Crippen molar-refractivity contribution in [3.8, 4) is 6.07 Å². The highest BCUT2D eigenvalue weighted by Gasteiger charge is 2.00. The van der Waals surface area contributed by atoms with Crippen LogP contribution in [0.3, 0.4) is 0 Å². The van der Waals surface area contributed by atoms with E-state index >= 15 is 0 Å². The van der Waals surface area contributed by atoms with E-state index in [1.165, 1.54) is 11.1 Å². The van der Waals surface area contributed by atoms with Crippen molar-refractivity contribution in [2.75, 3.05) is 11.9 Å². The van der Waals surface area contributed by atoms with E-state index < -0.39 is 0 Å². The lowest BCUT2D eigenvalue weighted by atomic mass is 10.1. The molecule has 0 unspecified atom stereocenters. The van der Waals surface area contributed by atoms with Crippen LogP contribution in [0.1, 0.15) is 16.7 Å². The van der Waals surface area contributed by atoms with E-state index in [0.29, 0.717) is 12.1 Å². The number of nitriles is 1. The van der Waals surface area contributed by atoms with Crippen molar-refractivity contribution >= 4 is 21.6 Å². The van der Waals surface area contributed by atoms with Gasteiger partial charge in [0.05, 0.1) is 5.56 Å². The molecule has 0 radical (unpaired) electrons. The average Bonchev–Trinajstić information content (AvgIpc) is 2.47. The average molecular weight is 330 g/mol. The van der Waals surface area contributed by atoms with Crippen molar-refractivity contribution in [2.24, 2.45) is 5.73 Å². The summed E-state index contributed by atoms with van der Waals surface area (Å²) in [6.07, 6.45) is 0.913. The molecule has 4 heteroatoms. The molecule has 0 atom stereocenters. The van der Waals surface area contributed by atoms with Gasteiger partial charge in [0.1, 0.15) is 6.07 Å². The first kappa shape index (κ1) is 14.6. The third kappa shape index (κ3) is 3.83. The first-order valence-corrected chi connectivity index (χ1v) is 7.23. The monoisotopic (exact) mass is 329 g/mol. The van der Waals surface area contributed by atoms with E-state index in [9.17, 15) is 0 Å². The summed E-state index contributed by atoms with van der Waals surface area (Å²) < 4.78 is 0.809. The summed E-state index contributed by atoms with van der Waals surface area (Å²) in [6, 6.07) is 16.2. The van der Waals surface area contributed by atoms with Gasteiger partial charge in [-0.25, -0.2) is 0 Å². The lowest BCUT2D eigenvalue weighted by Crippen LogP contribution is -2.03. The number of nitrogens with two attached hydrogens (primary N) is 1. The van der Waals surface area contributed by atoms with Crippen LogP contribution in [0.15, 0.2) is 46.9 Å². The molecule has 0 saturated carbocycles. The van der Waals surface area contributed by atoms with Crippen LogP contribution in [0.5, 0.6) is 0 Å². The Bertz CT molecular complexity index is 615. The van der Waals surface area contributed by atoms with E-state index in [4.69, 9.17) is 11.0 Å². The van der Waals surface area contributed by atoms with E-state index in [-0.39, 0.29) is 0 Å². The summed E-state index contributed by atoms with van der Waals surface area (Å²) in [6.45, 7) is 1.43. The van der Waals surface area contributed by atoms with Crippen molar-refractivity contribution in [1.29, 1.82) is 5.26 Å². The van der Waals surface area contributed by atoms with Gasteiger partial charge in [0.15, 0.2) is 0 Å². The second-order valence-electron chi connectivity index (χ2n) is 4.52. The van der Waals surface area contributed by atoms with Crippen LogP contribution in [0.4, 0.5) is 5.69 Å². The minimum Gasteiger partial charge on any atom is -0.381 e. The predicted molar refractivity (Wildman–Crippen MR) is 85.4 cm³/mol. The molecule has 2 rings (SSSR count). The van der Waals surface area contributed by atoms with Crippen molar-refractivity contribution in [3.05, 3.63) is 63.6 Å². The fourth-order valence-electron chi connectivity index (χ4n) is 1.91. The molecule has 0 amide bonds. The van der Waals surface area contributed by atoms with Gasteiger partial charge in [-0.1, -0.05) is 24.3 Å². The standard InChI is InChI=1S/C16H16BrN3/c17-16-9-15(6-5-14(16)10-19)20-11-13-3-1-12(2-4-13)7-8-18/h1-6,9,20H,7-8,11,18H2. The Labute approximate surface area is 127 Å². The second-order valence-corrected chi connectivity index (χ2v) is 5.37. The van der Waals surface area contributed by atoms with Gasteiger partial charge in [-0.2, -0.15) is 5.26 Å². The zero-order valence-corrected chi connectivity index (χ0v) is 12.7. The van der Waals surface area contributed by atoms with Crippen LogP contribution in [0, 0.1) is 11.3 Å². The lowest BCUT2D eigenvalue weighted by Gasteiger charge is -2.08. The Kier molecular flexibility index (Phi) is 5.16. The molecule has 2 aromatic rings. The molecule has 0 spiro atoms. The number of anilines is 1. The van der Waals surface area contributed by atoms with Crippen molar-refractivity contribution in [3.63, 3.8) is 0 Å². The topological polar surface area (TPSA) is 61.8 Å². The molecule has 0 aliphatic heterocycles. The lowest BCUT2D eigenvalue weighted by molar-refractivity contribution is 0.966. The van der Waals surface area contributed by atoms with Crippen LogP contribution in [0.2, 0.25) is 0 Å². The summed E-state index contributed by atoms with van der Waals surface area (Å²) >= 11 is 3.39. The molecular weight excluding hydrogens is 314 g/mol. The van der Waals surface area contributed by atoms with Gasteiger partial charge in [-0.15, -0.1) is 0 Å². The van der Waals surface area contributed by atoms with Gasteiger partial charge in [0.25, 0.3) is 0 Å². The molecule has 0 saturated heterocycles. The Morgan fingerprint density at radius 1 is 1.10 bits per heavy atom. The number of benzene rings is 2. The van der Waals surface area contributed by atoms with Gasteiger partial charge in [-0.05, 0) is 58.2 Å². The van der Waals surface area contributed by atoms with Crippen LogP contribution < -0.4 is 11.1 Å². The number of nitrogens with zero attached hydrogens (tertiary/aromatic N) is 1. The quantitative estimate of drug-likeness (QED) is 0.883. The molecule has 0 aliphatic rings. The Morgan fingerprint density at radius 2 is 1.80 bits per heavy atom. The van der Waals surface area contributed by atoms with Crippen molar-refractivity contribution < 1.29 is 0 Å². The Morgan fingerprint density at radius 3 is 2.40 bits per heavy atom. The first-order chi connectivity index (χ1) is 9.72. The summed E-state index contributed by atoms with van der Waals surface area (Å²) in [5, 5.41) is 12.2. The first-order valence-electron chi connectivity index (χ1n) is 6.44. The van der Waals surface area contributed by atoms with Crippen molar-refractivity contribution in [2.45, 2.75) is 13.0 Å². The van der Waals surface area contributed by atoms with Gasteiger partial charge < -0.3 is 11.1 Å². The number of hydrogen-bond donors (Lipinski definition) is 2. The van der Waals surface area contributed by atoms with E-state index in [2.05, 4.69) is 51.6 Å². The largest absolute Gasteiger partial charge is 0.381 e. The molecule has 3 nitrogen and oxygen atoms in total. The molecule has 0 fully saturated rings. The minimum atomic E-state index is 0.640. The summed E-state index contributed by atoms with van der Waals surface area (Å²) in [7, 11) is 0. The third-order valence-corrected chi connectivity index (χ3v) is 3.70. The second kappa shape index (κ2) is 7.09. The molecule has 20 heavy (non-hydrogen) atoms. The van der Waals surface area contributed by atoms with Crippen LogP contribution in [0.25, 0.3) is 0 Å². The summed E-state index contributed by atoms with van der Waals surface area (Å²) in [5.41, 5.74) is 9.64. The highest BCUT2D eigenvalue weighted by Crippen LogP contribution is 2.21. The zero-order chi connectivity index (χ0) is 14.4. The van der Waals surface area contributed by atoms with Gasteiger partial charge in [0, 0.05) is 16.7 Å². The van der Waals surface area contributed by atoms with Crippen LogP contribution >= 0.6 is 15.9 Å². The Balaban J connectivity index is 1.98. The van der Waals surface area contributed by atoms with E-state index in [1.54, 1.807) is 6.07 Å². The van der Waals surface area contributed by atoms with Gasteiger partial charge in [0.2, 0.25) is 0 Å². The molecule has 0 aromatic heterocycles. The molecule has 2 aromatic carbocycles. The molecule has 0 aliphatic carbocycles. The predicted octanol–water partition coefficient (Wildman–Crippen LogP) is 3.43. The fourth-order valence-corrected chi connectivity index (χ4v) is 2.38. The normalized spacial score (nSPS) is 10.1. The molecule has 3 N–H and O–H groups in total. The zero-order valence-electron chi connectivity index (χ0n) is 11.1. The van der Waals surface area contributed by atoms with Crippen molar-refractivity contribution in [1.82, 2.24) is 0 Å². The number of nitrogens with one attached hydrogen (secondary N) is 1. The maximum Gasteiger partial charge on any atom is 0.100 e. The highest BCUT2D eigenvalue weighted by atomic mass is 79.9. The molecule has 102 valence electrons. The Hall–Kier alpha value is -1.83. The maximum atomic E-state index is 8.88. The minimum absolute atomic E-state index is 0.640. The number of halogens is 1. The molecule has 0 heterocycles. The number of hydrogen-bond acceptors (Lipinski definition) is 3. The smallest absolute Gasteiger partial charge is 0.100 e. The van der Waals surface area contributed by atoms with E-state index in [1.807, 2.05) is 12.1 Å². The molecular formula is C16H16BrN3. The number of rotatable bonds is 5. The van der Waals surface area contributed by atoms with Crippen LogP contribution in [-0.4, -0.2) is 6.54 Å². The highest BCUT2D eigenvalue weighted by molar-refractivity contribution is 9.10. The van der Waals surface area contributed by atoms with E-state index in [0.717, 1.165) is 23.1 Å². The van der Waals surface area contributed by atoms with Crippen LogP contribution in [-0.2, 0) is 13.0 Å².